The van der Waals surface area contributed by atoms with Crippen LogP contribution >= 0.6 is 0 Å². The van der Waals surface area contributed by atoms with Gasteiger partial charge in [0, 0.05) is 20.3 Å². The highest BCUT2D eigenvalue weighted by atomic mass is 16.2. The van der Waals surface area contributed by atoms with Crippen molar-refractivity contribution in [2.45, 2.75) is 59.3 Å². The highest BCUT2D eigenvalue weighted by Gasteiger charge is 2.08. The van der Waals surface area contributed by atoms with Crippen LogP contribution in [0.3, 0.4) is 0 Å². The number of amides is 2. The molecule has 0 aromatic carbocycles. The van der Waals surface area contributed by atoms with E-state index >= 15 is 0 Å². The molecular weight excluding hydrogens is 270 g/mol. The largest absolute Gasteiger partial charge is 0.295 e. The van der Waals surface area contributed by atoms with Crippen LogP contribution in [0.2, 0.25) is 0 Å². The number of anilines is 2. The molecule has 0 spiro atoms. The van der Waals surface area contributed by atoms with Crippen LogP contribution in [0.4, 0.5) is 11.9 Å². The van der Waals surface area contributed by atoms with E-state index in [9.17, 15) is 9.59 Å². The van der Waals surface area contributed by atoms with E-state index in [0.717, 1.165) is 12.8 Å². The van der Waals surface area contributed by atoms with Gasteiger partial charge in [0.2, 0.25) is 23.7 Å². The monoisotopic (exact) mass is 293 g/mol. The Labute approximate surface area is 125 Å². The maximum absolute atomic E-state index is 11.1. The number of aryl methyl sites for hydroxylation is 1. The Bertz CT molecular complexity index is 456. The number of carbonyl (C=O) groups excluding carboxylic acids is 2. The van der Waals surface area contributed by atoms with E-state index < -0.39 is 0 Å². The number of hydrogen-bond acceptors (Lipinski definition) is 5. The van der Waals surface area contributed by atoms with Gasteiger partial charge >= 0.3 is 0 Å². The molecule has 7 heteroatoms. The van der Waals surface area contributed by atoms with Gasteiger partial charge in [0.1, 0.15) is 5.82 Å². The lowest BCUT2D eigenvalue weighted by Crippen LogP contribution is -2.16. The maximum atomic E-state index is 11.1. The van der Waals surface area contributed by atoms with Crippen molar-refractivity contribution in [3.05, 3.63) is 5.82 Å². The van der Waals surface area contributed by atoms with Crippen LogP contribution in [-0.2, 0) is 16.0 Å². The predicted molar refractivity (Wildman–Crippen MR) is 80.9 cm³/mol. The molecule has 2 N–H and O–H groups in total. The van der Waals surface area contributed by atoms with Crippen molar-refractivity contribution >= 4 is 23.7 Å². The van der Waals surface area contributed by atoms with Gasteiger partial charge < -0.3 is 0 Å². The molecule has 2 amide bonds. The second-order valence-corrected chi connectivity index (χ2v) is 4.93. The third-order valence-corrected chi connectivity index (χ3v) is 2.76. The second kappa shape index (κ2) is 8.99. The van der Waals surface area contributed by atoms with Gasteiger partial charge in [-0.1, -0.05) is 32.6 Å². The highest BCUT2D eigenvalue weighted by molar-refractivity contribution is 5.88. The summed E-state index contributed by atoms with van der Waals surface area (Å²) in [4.78, 5) is 34.6. The molecule has 1 heterocycles. The minimum Gasteiger partial charge on any atom is -0.295 e. The normalized spacial score (nSPS) is 10.2. The third kappa shape index (κ3) is 7.34. The fraction of sp³-hybridized carbons (Fsp3) is 0.643. The first kappa shape index (κ1) is 17.0. The van der Waals surface area contributed by atoms with E-state index in [0.29, 0.717) is 12.2 Å². The van der Waals surface area contributed by atoms with Crippen molar-refractivity contribution in [2.24, 2.45) is 0 Å². The number of hydrogen-bond donors (Lipinski definition) is 2. The molecule has 116 valence electrons. The fourth-order valence-corrected chi connectivity index (χ4v) is 1.84. The first-order valence-electron chi connectivity index (χ1n) is 7.31. The van der Waals surface area contributed by atoms with E-state index in [4.69, 9.17) is 0 Å². The number of rotatable bonds is 8. The van der Waals surface area contributed by atoms with E-state index in [-0.39, 0.29) is 23.7 Å². The molecule has 0 aliphatic carbocycles. The van der Waals surface area contributed by atoms with Crippen molar-refractivity contribution in [3.8, 4) is 0 Å². The molecular formula is C14H23N5O2. The number of nitrogens with zero attached hydrogens (tertiary/aromatic N) is 3. The van der Waals surface area contributed by atoms with Gasteiger partial charge in [0.15, 0.2) is 0 Å². The molecule has 0 radical (unpaired) electrons. The lowest BCUT2D eigenvalue weighted by atomic mass is 10.1. The number of aromatic nitrogens is 3. The Morgan fingerprint density at radius 2 is 1.38 bits per heavy atom. The topological polar surface area (TPSA) is 96.9 Å². The zero-order chi connectivity index (χ0) is 15.7. The van der Waals surface area contributed by atoms with Crippen LogP contribution in [-0.4, -0.2) is 26.8 Å². The zero-order valence-electron chi connectivity index (χ0n) is 12.9. The summed E-state index contributed by atoms with van der Waals surface area (Å²) < 4.78 is 0. The Kier molecular flexibility index (Phi) is 7.28. The Hall–Kier alpha value is -2.05. The van der Waals surface area contributed by atoms with Crippen molar-refractivity contribution in [3.63, 3.8) is 0 Å². The summed E-state index contributed by atoms with van der Waals surface area (Å²) in [5.74, 6) is 0.399. The van der Waals surface area contributed by atoms with Crippen LogP contribution in [0, 0.1) is 0 Å². The summed E-state index contributed by atoms with van der Waals surface area (Å²) in [6.45, 7) is 4.93. The van der Waals surface area contributed by atoms with Gasteiger partial charge in [0.25, 0.3) is 0 Å². The third-order valence-electron chi connectivity index (χ3n) is 2.76. The Morgan fingerprint density at radius 3 is 1.86 bits per heavy atom. The molecule has 0 aliphatic heterocycles. The van der Waals surface area contributed by atoms with E-state index in [2.05, 4.69) is 32.5 Å². The van der Waals surface area contributed by atoms with Gasteiger partial charge in [-0.25, -0.2) is 0 Å². The van der Waals surface area contributed by atoms with Crippen molar-refractivity contribution in [2.75, 3.05) is 10.6 Å². The molecule has 7 nitrogen and oxygen atoms in total. The molecule has 21 heavy (non-hydrogen) atoms. The van der Waals surface area contributed by atoms with Gasteiger partial charge in [-0.05, 0) is 6.42 Å². The van der Waals surface area contributed by atoms with Crippen molar-refractivity contribution in [1.82, 2.24) is 15.0 Å². The van der Waals surface area contributed by atoms with Gasteiger partial charge in [0.05, 0.1) is 0 Å². The minimum absolute atomic E-state index is 0.171. The highest BCUT2D eigenvalue weighted by Crippen LogP contribution is 2.10. The average Bonchev–Trinajstić information content (AvgIpc) is 2.36. The SMILES string of the molecule is CCCCCCCc1nc(NC(C)=O)nc(NC(C)=O)n1. The summed E-state index contributed by atoms with van der Waals surface area (Å²) in [6.07, 6.45) is 6.41. The van der Waals surface area contributed by atoms with Crippen LogP contribution < -0.4 is 10.6 Å². The quantitative estimate of drug-likeness (QED) is 0.717. The smallest absolute Gasteiger partial charge is 0.234 e. The Morgan fingerprint density at radius 1 is 0.857 bits per heavy atom. The van der Waals surface area contributed by atoms with Crippen LogP contribution in [0.25, 0.3) is 0 Å². The number of unbranched alkanes of at least 4 members (excludes halogenated alkanes) is 4. The van der Waals surface area contributed by atoms with E-state index in [1.54, 1.807) is 0 Å². The predicted octanol–water partition coefficient (Wildman–Crippen LogP) is 2.30. The van der Waals surface area contributed by atoms with Crippen LogP contribution in [0.15, 0.2) is 0 Å². The lowest BCUT2D eigenvalue weighted by molar-refractivity contribution is -0.115. The molecule has 1 aromatic heterocycles. The maximum Gasteiger partial charge on any atom is 0.234 e. The van der Waals surface area contributed by atoms with Crippen LogP contribution in [0.1, 0.15) is 58.7 Å². The first-order chi connectivity index (χ1) is 10.0. The summed E-state index contributed by atoms with van der Waals surface area (Å²) in [5.41, 5.74) is 0. The molecule has 0 fully saturated rings. The van der Waals surface area contributed by atoms with Gasteiger partial charge in [-0.15, -0.1) is 0 Å². The summed E-state index contributed by atoms with van der Waals surface area (Å²) in [7, 11) is 0. The summed E-state index contributed by atoms with van der Waals surface area (Å²) >= 11 is 0. The molecule has 0 unspecified atom stereocenters. The Balaban J connectivity index is 2.71. The van der Waals surface area contributed by atoms with E-state index in [1.165, 1.54) is 33.1 Å². The molecule has 0 aliphatic rings. The fourth-order valence-electron chi connectivity index (χ4n) is 1.84. The molecule has 0 saturated heterocycles. The number of carbonyl (C=O) groups is 2. The minimum atomic E-state index is -0.260. The first-order valence-corrected chi connectivity index (χ1v) is 7.31. The molecule has 0 atom stereocenters. The molecule has 1 aromatic rings. The van der Waals surface area contributed by atoms with Crippen LogP contribution in [0.5, 0.6) is 0 Å². The molecule has 1 rings (SSSR count). The van der Waals surface area contributed by atoms with E-state index in [1.807, 2.05) is 0 Å². The van der Waals surface area contributed by atoms with Gasteiger partial charge in [-0.3, -0.25) is 20.2 Å². The second-order valence-electron chi connectivity index (χ2n) is 4.93. The molecule has 0 bridgehead atoms. The molecule has 0 saturated carbocycles. The van der Waals surface area contributed by atoms with Crippen molar-refractivity contribution in [1.29, 1.82) is 0 Å². The zero-order valence-corrected chi connectivity index (χ0v) is 12.9. The summed E-state index contributed by atoms with van der Waals surface area (Å²) in [6, 6.07) is 0. The average molecular weight is 293 g/mol. The van der Waals surface area contributed by atoms with Crippen molar-refractivity contribution < 1.29 is 9.59 Å². The summed E-state index contributed by atoms with van der Waals surface area (Å²) in [5, 5.41) is 5.03. The number of nitrogens with one attached hydrogen (secondary N) is 2. The lowest BCUT2D eigenvalue weighted by Gasteiger charge is -2.07. The standard InChI is InChI=1S/C14H23N5O2/c1-4-5-6-7-8-9-12-17-13(15-10(2)20)19-14(18-12)16-11(3)21/h4-9H2,1-3H3,(H2,15,16,17,18,19,20,21). The van der Waals surface area contributed by atoms with Gasteiger partial charge in [-0.2, -0.15) is 15.0 Å².